The minimum absolute atomic E-state index is 0.200. The molecular formula is C17H25N3O. The van der Waals surface area contributed by atoms with Crippen LogP contribution in [0.4, 0.5) is 0 Å². The van der Waals surface area contributed by atoms with Gasteiger partial charge in [0.15, 0.2) is 0 Å². The van der Waals surface area contributed by atoms with Gasteiger partial charge in [0, 0.05) is 30.3 Å². The van der Waals surface area contributed by atoms with Crippen LogP contribution in [-0.4, -0.2) is 27.5 Å². The minimum Gasteiger partial charge on any atom is -0.392 e. The van der Waals surface area contributed by atoms with E-state index in [9.17, 15) is 5.11 Å². The number of aromatic nitrogens is 2. The first-order valence-electron chi connectivity index (χ1n) is 8.03. The van der Waals surface area contributed by atoms with Crippen molar-refractivity contribution in [2.75, 3.05) is 6.54 Å². The van der Waals surface area contributed by atoms with Gasteiger partial charge >= 0.3 is 0 Å². The predicted octanol–water partition coefficient (Wildman–Crippen LogP) is 2.48. The van der Waals surface area contributed by atoms with Crippen LogP contribution < -0.4 is 5.73 Å². The Balaban J connectivity index is 2.00. The van der Waals surface area contributed by atoms with E-state index in [1.807, 2.05) is 10.7 Å². The Labute approximate surface area is 125 Å². The second-order valence-corrected chi connectivity index (χ2v) is 6.28. The van der Waals surface area contributed by atoms with Crippen molar-refractivity contribution < 1.29 is 5.11 Å². The Morgan fingerprint density at radius 1 is 1.38 bits per heavy atom. The van der Waals surface area contributed by atoms with Gasteiger partial charge in [-0.05, 0) is 25.8 Å². The Bertz CT molecular complexity index is 622. The van der Waals surface area contributed by atoms with Gasteiger partial charge in [0.2, 0.25) is 0 Å². The molecule has 21 heavy (non-hydrogen) atoms. The molecule has 4 nitrogen and oxygen atoms in total. The zero-order valence-electron chi connectivity index (χ0n) is 12.8. The van der Waals surface area contributed by atoms with Gasteiger partial charge in [-0.3, -0.25) is 4.68 Å². The zero-order chi connectivity index (χ0) is 14.9. The summed E-state index contributed by atoms with van der Waals surface area (Å²) in [6, 6.07) is 8.35. The molecule has 0 amide bonds. The lowest BCUT2D eigenvalue weighted by Crippen LogP contribution is -2.45. The fourth-order valence-electron chi connectivity index (χ4n) is 3.71. The zero-order valence-corrected chi connectivity index (χ0v) is 12.8. The molecule has 1 aromatic carbocycles. The molecule has 0 radical (unpaired) electrons. The first-order valence-corrected chi connectivity index (χ1v) is 8.03. The van der Waals surface area contributed by atoms with E-state index in [2.05, 4.69) is 25.1 Å². The normalized spacial score (nSPS) is 26.3. The summed E-state index contributed by atoms with van der Waals surface area (Å²) >= 11 is 0. The molecule has 1 aliphatic rings. The molecule has 2 aromatic rings. The second-order valence-electron chi connectivity index (χ2n) is 6.28. The third-order valence-corrected chi connectivity index (χ3v) is 5.07. The summed E-state index contributed by atoms with van der Waals surface area (Å²) in [6.45, 7) is 3.50. The molecule has 1 aliphatic carbocycles. The molecule has 1 aromatic heterocycles. The van der Waals surface area contributed by atoms with Gasteiger partial charge in [0.1, 0.15) is 0 Å². The van der Waals surface area contributed by atoms with Crippen LogP contribution in [0.25, 0.3) is 10.9 Å². The van der Waals surface area contributed by atoms with E-state index in [-0.39, 0.29) is 11.5 Å². The number of nitrogens with zero attached hydrogens (tertiary/aromatic N) is 2. The number of hydrogen-bond acceptors (Lipinski definition) is 3. The summed E-state index contributed by atoms with van der Waals surface area (Å²) in [4.78, 5) is 0. The van der Waals surface area contributed by atoms with Gasteiger partial charge in [0.05, 0.1) is 17.3 Å². The fourth-order valence-corrected chi connectivity index (χ4v) is 3.71. The van der Waals surface area contributed by atoms with E-state index in [0.29, 0.717) is 6.54 Å². The summed E-state index contributed by atoms with van der Waals surface area (Å²) in [5, 5.41) is 16.5. The maximum atomic E-state index is 10.5. The first kappa shape index (κ1) is 14.5. The van der Waals surface area contributed by atoms with E-state index in [1.165, 1.54) is 10.9 Å². The SMILES string of the molecule is CCn1nc(CC2(CN)CCCCC2O)c2ccccc21. The van der Waals surface area contributed by atoms with Crippen molar-refractivity contribution in [1.29, 1.82) is 0 Å². The van der Waals surface area contributed by atoms with E-state index in [4.69, 9.17) is 10.8 Å². The smallest absolute Gasteiger partial charge is 0.0710 e. The fraction of sp³-hybridized carbons (Fsp3) is 0.588. The summed E-state index contributed by atoms with van der Waals surface area (Å²) in [7, 11) is 0. The van der Waals surface area contributed by atoms with Crippen molar-refractivity contribution in [3.05, 3.63) is 30.0 Å². The molecule has 4 heteroatoms. The molecule has 1 saturated carbocycles. The number of aliphatic hydroxyl groups excluding tert-OH is 1. The highest BCUT2D eigenvalue weighted by Gasteiger charge is 2.39. The van der Waals surface area contributed by atoms with Gasteiger partial charge in [-0.1, -0.05) is 31.0 Å². The summed E-state index contributed by atoms with van der Waals surface area (Å²) in [6.07, 6.45) is 4.59. The van der Waals surface area contributed by atoms with Crippen molar-refractivity contribution in [2.24, 2.45) is 11.1 Å². The highest BCUT2D eigenvalue weighted by molar-refractivity contribution is 5.82. The Hall–Kier alpha value is -1.39. The van der Waals surface area contributed by atoms with Gasteiger partial charge in [-0.25, -0.2) is 0 Å². The van der Waals surface area contributed by atoms with Crippen molar-refractivity contribution in [2.45, 2.75) is 51.7 Å². The molecule has 0 aliphatic heterocycles. The van der Waals surface area contributed by atoms with Gasteiger partial charge in [-0.15, -0.1) is 0 Å². The van der Waals surface area contributed by atoms with Gasteiger partial charge in [0.25, 0.3) is 0 Å². The quantitative estimate of drug-likeness (QED) is 0.908. The van der Waals surface area contributed by atoms with Crippen LogP contribution in [0.1, 0.15) is 38.3 Å². The van der Waals surface area contributed by atoms with Gasteiger partial charge in [-0.2, -0.15) is 5.10 Å². The highest BCUT2D eigenvalue weighted by atomic mass is 16.3. The van der Waals surface area contributed by atoms with Crippen LogP contribution in [0.2, 0.25) is 0 Å². The maximum absolute atomic E-state index is 10.5. The topological polar surface area (TPSA) is 64.1 Å². The molecule has 0 bridgehead atoms. The number of nitrogens with two attached hydrogens (primary N) is 1. The summed E-state index contributed by atoms with van der Waals surface area (Å²) in [5.74, 6) is 0. The average molecular weight is 287 g/mol. The predicted molar refractivity (Wildman–Crippen MR) is 85.1 cm³/mol. The maximum Gasteiger partial charge on any atom is 0.0710 e. The lowest BCUT2D eigenvalue weighted by molar-refractivity contribution is -0.00633. The number of rotatable bonds is 4. The van der Waals surface area contributed by atoms with E-state index in [0.717, 1.165) is 44.3 Å². The van der Waals surface area contributed by atoms with Crippen molar-refractivity contribution in [3.8, 4) is 0 Å². The van der Waals surface area contributed by atoms with E-state index < -0.39 is 0 Å². The Morgan fingerprint density at radius 2 is 2.19 bits per heavy atom. The van der Waals surface area contributed by atoms with Crippen molar-refractivity contribution >= 4 is 10.9 Å². The van der Waals surface area contributed by atoms with Crippen LogP contribution in [0.3, 0.4) is 0 Å². The molecular weight excluding hydrogens is 262 g/mol. The largest absolute Gasteiger partial charge is 0.392 e. The highest BCUT2D eigenvalue weighted by Crippen LogP contribution is 2.39. The molecule has 0 saturated heterocycles. The number of benzene rings is 1. The first-order chi connectivity index (χ1) is 10.2. The third kappa shape index (κ3) is 2.47. The minimum atomic E-state index is -0.304. The Kier molecular flexibility index (Phi) is 4.00. The number of hydrogen-bond donors (Lipinski definition) is 2. The van der Waals surface area contributed by atoms with E-state index in [1.54, 1.807) is 0 Å². The molecule has 2 atom stereocenters. The molecule has 2 unspecified atom stereocenters. The van der Waals surface area contributed by atoms with Crippen LogP contribution in [0.15, 0.2) is 24.3 Å². The van der Waals surface area contributed by atoms with E-state index >= 15 is 0 Å². The van der Waals surface area contributed by atoms with Crippen LogP contribution in [0.5, 0.6) is 0 Å². The number of aryl methyl sites for hydroxylation is 1. The van der Waals surface area contributed by atoms with Crippen LogP contribution in [0, 0.1) is 5.41 Å². The monoisotopic (exact) mass is 287 g/mol. The number of para-hydroxylation sites is 1. The van der Waals surface area contributed by atoms with Gasteiger partial charge < -0.3 is 10.8 Å². The second kappa shape index (κ2) is 5.78. The molecule has 0 spiro atoms. The molecule has 3 rings (SSSR count). The van der Waals surface area contributed by atoms with Crippen molar-refractivity contribution in [1.82, 2.24) is 9.78 Å². The summed E-state index contributed by atoms with van der Waals surface area (Å²) < 4.78 is 2.05. The average Bonchev–Trinajstić information content (AvgIpc) is 2.88. The number of aliphatic hydroxyl groups is 1. The van der Waals surface area contributed by atoms with Crippen LogP contribution >= 0.6 is 0 Å². The number of fused-ring (bicyclic) bond motifs is 1. The molecule has 1 fully saturated rings. The van der Waals surface area contributed by atoms with Crippen molar-refractivity contribution in [3.63, 3.8) is 0 Å². The lowest BCUT2D eigenvalue weighted by atomic mass is 9.69. The molecule has 1 heterocycles. The third-order valence-electron chi connectivity index (χ3n) is 5.07. The molecule has 114 valence electrons. The molecule has 3 N–H and O–H groups in total. The Morgan fingerprint density at radius 3 is 2.90 bits per heavy atom. The standard InChI is InChI=1S/C17H25N3O/c1-2-20-15-8-4-3-7-13(15)14(19-20)11-17(12-18)10-6-5-9-16(17)21/h3-4,7-8,16,21H,2,5-6,9-12,18H2,1H3. The summed E-state index contributed by atoms with van der Waals surface area (Å²) in [5.41, 5.74) is 8.12. The van der Waals surface area contributed by atoms with Crippen LogP contribution in [-0.2, 0) is 13.0 Å². The lowest BCUT2D eigenvalue weighted by Gasteiger charge is -2.40.